The van der Waals surface area contributed by atoms with Gasteiger partial charge in [-0.3, -0.25) is 5.32 Å². The lowest BCUT2D eigenvalue weighted by Gasteiger charge is -2.28. The van der Waals surface area contributed by atoms with Gasteiger partial charge < -0.3 is 9.84 Å². The molecule has 1 unspecified atom stereocenters. The van der Waals surface area contributed by atoms with Crippen molar-refractivity contribution >= 4 is 5.97 Å². The lowest BCUT2D eigenvalue weighted by atomic mass is 9.92. The zero-order chi connectivity index (χ0) is 12.2. The summed E-state index contributed by atoms with van der Waals surface area (Å²) in [5, 5.41) is 12.3. The van der Waals surface area contributed by atoms with Gasteiger partial charge in [0.15, 0.2) is 0 Å². The van der Waals surface area contributed by atoms with Gasteiger partial charge in [-0.15, -0.1) is 0 Å². The Morgan fingerprint density at radius 3 is 2.44 bits per heavy atom. The maximum atomic E-state index is 11.8. The summed E-state index contributed by atoms with van der Waals surface area (Å²) in [7, 11) is 1.36. The maximum Gasteiger partial charge on any atom is 0.330 e. The van der Waals surface area contributed by atoms with Crippen molar-refractivity contribution in [1.29, 1.82) is 0 Å². The minimum absolute atomic E-state index is 0.174. The molecule has 0 bridgehead atoms. The molecule has 4 heteroatoms. The molecule has 0 amide bonds. The minimum atomic E-state index is -0.878. The predicted octanol–water partition coefficient (Wildman–Crippen LogP) is 1.39. The van der Waals surface area contributed by atoms with Crippen molar-refractivity contribution < 1.29 is 14.6 Å². The Hall–Kier alpha value is -1.55. The molecule has 1 rings (SSSR count). The summed E-state index contributed by atoms with van der Waals surface area (Å²) < 4.78 is 4.79. The average Bonchev–Trinajstić information content (AvgIpc) is 2.29. The third kappa shape index (κ3) is 2.33. The molecule has 0 radical (unpaired) electrons. The Morgan fingerprint density at radius 2 is 2.00 bits per heavy atom. The van der Waals surface area contributed by atoms with E-state index in [1.165, 1.54) is 7.11 Å². The largest absolute Gasteiger partial charge is 0.508 e. The number of carbonyl (C=O) groups is 1. The molecule has 4 nitrogen and oxygen atoms in total. The van der Waals surface area contributed by atoms with Crippen molar-refractivity contribution in [3.63, 3.8) is 0 Å². The molecule has 0 aliphatic heterocycles. The maximum absolute atomic E-state index is 11.8. The molecular formula is C12H17NO3. The van der Waals surface area contributed by atoms with Crippen LogP contribution >= 0.6 is 0 Å². The monoisotopic (exact) mass is 223 g/mol. The summed E-state index contributed by atoms with van der Waals surface area (Å²) in [5.41, 5.74) is -0.115. The van der Waals surface area contributed by atoms with E-state index < -0.39 is 5.54 Å². The average molecular weight is 223 g/mol. The zero-order valence-electron chi connectivity index (χ0n) is 9.78. The third-order valence-corrected chi connectivity index (χ3v) is 2.57. The molecule has 0 aromatic heterocycles. The van der Waals surface area contributed by atoms with Crippen LogP contribution in [-0.2, 0) is 15.1 Å². The number of hydrogen-bond donors (Lipinski definition) is 2. The highest BCUT2D eigenvalue weighted by atomic mass is 16.5. The summed E-state index contributed by atoms with van der Waals surface area (Å²) in [4.78, 5) is 11.8. The number of hydrogen-bond acceptors (Lipinski definition) is 4. The first-order chi connectivity index (χ1) is 7.54. The second-order valence-corrected chi connectivity index (χ2v) is 3.69. The van der Waals surface area contributed by atoms with Gasteiger partial charge in [0.1, 0.15) is 11.3 Å². The van der Waals surface area contributed by atoms with Crippen LogP contribution in [0.2, 0.25) is 0 Å². The van der Waals surface area contributed by atoms with Gasteiger partial charge in [-0.1, -0.05) is 19.1 Å². The lowest BCUT2D eigenvalue weighted by molar-refractivity contribution is -0.148. The van der Waals surface area contributed by atoms with Gasteiger partial charge >= 0.3 is 5.97 Å². The number of methoxy groups -OCH3 is 1. The number of phenols is 1. The molecule has 0 spiro atoms. The summed E-state index contributed by atoms with van der Waals surface area (Å²) in [6.07, 6.45) is 0. The van der Waals surface area contributed by atoms with Crippen LogP contribution < -0.4 is 5.32 Å². The fraction of sp³-hybridized carbons (Fsp3) is 0.417. The summed E-state index contributed by atoms with van der Waals surface area (Å²) in [5.74, 6) is -0.174. The number of carbonyl (C=O) groups excluding carboxylic acids is 1. The summed E-state index contributed by atoms with van der Waals surface area (Å²) in [6.45, 7) is 4.32. The molecule has 16 heavy (non-hydrogen) atoms. The molecule has 2 N–H and O–H groups in total. The SMILES string of the molecule is CCNC(C)(C(=O)OC)c1ccc(O)cc1. The van der Waals surface area contributed by atoms with Gasteiger partial charge in [-0.2, -0.15) is 0 Å². The number of aromatic hydroxyl groups is 1. The van der Waals surface area contributed by atoms with Crippen molar-refractivity contribution in [2.45, 2.75) is 19.4 Å². The van der Waals surface area contributed by atoms with E-state index in [-0.39, 0.29) is 11.7 Å². The number of phenolic OH excluding ortho intramolecular Hbond substituents is 1. The van der Waals surface area contributed by atoms with Crippen molar-refractivity contribution in [3.05, 3.63) is 29.8 Å². The molecule has 0 aliphatic rings. The fourth-order valence-corrected chi connectivity index (χ4v) is 1.64. The number of likely N-dealkylation sites (N-methyl/N-ethyl adjacent to an activating group) is 1. The molecule has 0 fully saturated rings. The van der Waals surface area contributed by atoms with Gasteiger partial charge in [0.2, 0.25) is 0 Å². The topological polar surface area (TPSA) is 58.6 Å². The van der Waals surface area contributed by atoms with Gasteiger partial charge in [0, 0.05) is 0 Å². The second-order valence-electron chi connectivity index (χ2n) is 3.69. The molecule has 1 atom stereocenters. The van der Waals surface area contributed by atoms with Crippen LogP contribution in [0.4, 0.5) is 0 Å². The first-order valence-corrected chi connectivity index (χ1v) is 5.17. The Balaban J connectivity index is 3.10. The molecule has 0 saturated heterocycles. The molecule has 0 heterocycles. The predicted molar refractivity (Wildman–Crippen MR) is 61.2 cm³/mol. The van der Waals surface area contributed by atoms with Crippen molar-refractivity contribution in [3.8, 4) is 5.75 Å². The van der Waals surface area contributed by atoms with E-state index in [9.17, 15) is 9.90 Å². The summed E-state index contributed by atoms with van der Waals surface area (Å²) in [6, 6.07) is 6.51. The first kappa shape index (κ1) is 12.5. The lowest BCUT2D eigenvalue weighted by Crippen LogP contribution is -2.47. The molecule has 1 aromatic rings. The second kappa shape index (κ2) is 4.99. The van der Waals surface area contributed by atoms with E-state index in [4.69, 9.17) is 4.74 Å². The highest BCUT2D eigenvalue weighted by molar-refractivity contribution is 5.82. The molecule has 88 valence electrons. The van der Waals surface area contributed by atoms with Gasteiger partial charge in [-0.05, 0) is 31.2 Å². The normalized spacial score (nSPS) is 14.2. The minimum Gasteiger partial charge on any atom is -0.508 e. The molecule has 1 aromatic carbocycles. The first-order valence-electron chi connectivity index (χ1n) is 5.17. The van der Waals surface area contributed by atoms with Crippen LogP contribution in [0.15, 0.2) is 24.3 Å². The molecule has 0 aliphatic carbocycles. The number of esters is 1. The van der Waals surface area contributed by atoms with E-state index >= 15 is 0 Å². The van der Waals surface area contributed by atoms with E-state index in [2.05, 4.69) is 5.32 Å². The number of rotatable bonds is 4. The van der Waals surface area contributed by atoms with Crippen LogP contribution in [0.25, 0.3) is 0 Å². The van der Waals surface area contributed by atoms with Crippen LogP contribution in [0, 0.1) is 0 Å². The number of ether oxygens (including phenoxy) is 1. The summed E-state index contributed by atoms with van der Waals surface area (Å²) >= 11 is 0. The Bertz CT molecular complexity index is 361. The Labute approximate surface area is 95.2 Å². The number of benzene rings is 1. The van der Waals surface area contributed by atoms with Gasteiger partial charge in [0.05, 0.1) is 7.11 Å². The van der Waals surface area contributed by atoms with Crippen LogP contribution in [0.3, 0.4) is 0 Å². The smallest absolute Gasteiger partial charge is 0.330 e. The Kier molecular flexibility index (Phi) is 3.90. The van der Waals surface area contributed by atoms with Gasteiger partial charge in [-0.25, -0.2) is 4.79 Å². The van der Waals surface area contributed by atoms with E-state index in [1.807, 2.05) is 6.92 Å². The van der Waals surface area contributed by atoms with Crippen LogP contribution in [-0.4, -0.2) is 24.7 Å². The number of nitrogens with one attached hydrogen (secondary N) is 1. The molecular weight excluding hydrogens is 206 g/mol. The zero-order valence-corrected chi connectivity index (χ0v) is 9.78. The van der Waals surface area contributed by atoms with Crippen molar-refractivity contribution in [2.24, 2.45) is 0 Å². The molecule has 0 saturated carbocycles. The van der Waals surface area contributed by atoms with E-state index in [0.717, 1.165) is 5.56 Å². The standard InChI is InChI=1S/C12H17NO3/c1-4-13-12(2,11(15)16-3)9-5-7-10(14)8-6-9/h5-8,13-14H,4H2,1-3H3. The van der Waals surface area contributed by atoms with E-state index in [0.29, 0.717) is 6.54 Å². The van der Waals surface area contributed by atoms with Crippen molar-refractivity contribution in [1.82, 2.24) is 5.32 Å². The van der Waals surface area contributed by atoms with Crippen LogP contribution in [0.1, 0.15) is 19.4 Å². The van der Waals surface area contributed by atoms with Gasteiger partial charge in [0.25, 0.3) is 0 Å². The fourth-order valence-electron chi connectivity index (χ4n) is 1.64. The van der Waals surface area contributed by atoms with Crippen LogP contribution in [0.5, 0.6) is 5.75 Å². The highest BCUT2D eigenvalue weighted by Crippen LogP contribution is 2.24. The Morgan fingerprint density at radius 1 is 1.44 bits per heavy atom. The quantitative estimate of drug-likeness (QED) is 0.757. The van der Waals surface area contributed by atoms with Crippen molar-refractivity contribution in [2.75, 3.05) is 13.7 Å². The highest BCUT2D eigenvalue weighted by Gasteiger charge is 2.35. The van der Waals surface area contributed by atoms with E-state index in [1.54, 1.807) is 31.2 Å². The third-order valence-electron chi connectivity index (χ3n) is 2.57.